The van der Waals surface area contributed by atoms with Crippen molar-refractivity contribution < 1.29 is 9.53 Å². The zero-order chi connectivity index (χ0) is 26.5. The number of rotatable bonds is 8. The third-order valence-electron chi connectivity index (χ3n) is 7.27. The molecule has 0 atom stereocenters. The van der Waals surface area contributed by atoms with Gasteiger partial charge in [-0.2, -0.15) is 5.10 Å². The lowest BCUT2D eigenvalue weighted by atomic mass is 10.1. The Labute approximate surface area is 224 Å². The summed E-state index contributed by atoms with van der Waals surface area (Å²) in [7, 11) is 1.65. The van der Waals surface area contributed by atoms with Crippen LogP contribution in [0, 0.1) is 13.8 Å². The predicted molar refractivity (Wildman–Crippen MR) is 152 cm³/mol. The highest BCUT2D eigenvalue weighted by Crippen LogP contribution is 2.35. The van der Waals surface area contributed by atoms with Crippen LogP contribution in [0.25, 0.3) is 16.9 Å². The second kappa shape index (κ2) is 11.5. The molecule has 0 saturated carbocycles. The summed E-state index contributed by atoms with van der Waals surface area (Å²) >= 11 is 0. The van der Waals surface area contributed by atoms with Gasteiger partial charge in [0.1, 0.15) is 11.4 Å². The van der Waals surface area contributed by atoms with Gasteiger partial charge in [-0.3, -0.25) is 9.69 Å². The summed E-state index contributed by atoms with van der Waals surface area (Å²) in [5.41, 5.74) is 7.44. The highest BCUT2D eigenvalue weighted by atomic mass is 16.5. The Morgan fingerprint density at radius 1 is 0.895 bits per heavy atom. The molecule has 1 aliphatic rings. The number of anilines is 1. The second-order valence-electron chi connectivity index (χ2n) is 9.70. The molecule has 1 fully saturated rings. The molecule has 1 N–H and O–H groups in total. The molecule has 7 nitrogen and oxygen atoms in total. The van der Waals surface area contributed by atoms with Gasteiger partial charge in [-0.05, 0) is 43.2 Å². The average Bonchev–Trinajstić information content (AvgIpc) is 3.33. The third-order valence-corrected chi connectivity index (χ3v) is 7.27. The lowest BCUT2D eigenvalue weighted by molar-refractivity contribution is -0.122. The molecular formula is C31H35N5O2. The van der Waals surface area contributed by atoms with Gasteiger partial charge in [-0.15, -0.1) is 0 Å². The fourth-order valence-corrected chi connectivity index (χ4v) is 5.05. The Kier molecular flexibility index (Phi) is 7.75. The number of hydrogen-bond acceptors (Lipinski definition) is 5. The molecular weight excluding hydrogens is 474 g/mol. The Balaban J connectivity index is 1.25. The van der Waals surface area contributed by atoms with Crippen LogP contribution in [0.3, 0.4) is 0 Å². The van der Waals surface area contributed by atoms with Gasteiger partial charge in [0.25, 0.3) is 0 Å². The van der Waals surface area contributed by atoms with Gasteiger partial charge < -0.3 is 15.0 Å². The molecule has 0 spiro atoms. The first-order chi connectivity index (χ1) is 18.5. The minimum Gasteiger partial charge on any atom is -0.492 e. The van der Waals surface area contributed by atoms with Crippen LogP contribution in [-0.4, -0.2) is 60.4 Å². The summed E-state index contributed by atoms with van der Waals surface area (Å²) in [5, 5.41) is 7.94. The number of benzene rings is 3. The van der Waals surface area contributed by atoms with Crippen molar-refractivity contribution in [1.29, 1.82) is 0 Å². The molecule has 1 amide bonds. The van der Waals surface area contributed by atoms with E-state index in [4.69, 9.17) is 9.84 Å². The van der Waals surface area contributed by atoms with Crippen LogP contribution >= 0.6 is 0 Å². The molecule has 5 rings (SSSR count). The normalized spacial score (nSPS) is 13.9. The minimum atomic E-state index is -0.0113. The molecule has 1 aliphatic heterocycles. The lowest BCUT2D eigenvalue weighted by Gasteiger charge is -2.36. The van der Waals surface area contributed by atoms with Gasteiger partial charge in [-0.1, -0.05) is 60.7 Å². The largest absolute Gasteiger partial charge is 0.492 e. The number of methoxy groups -OCH3 is 1. The molecule has 2 heterocycles. The number of carbonyl (C=O) groups excluding carboxylic acids is 1. The first-order valence-corrected chi connectivity index (χ1v) is 13.1. The summed E-state index contributed by atoms with van der Waals surface area (Å²) in [6.07, 6.45) is 0. The zero-order valence-electron chi connectivity index (χ0n) is 22.4. The molecule has 7 heteroatoms. The summed E-state index contributed by atoms with van der Waals surface area (Å²) in [5.74, 6) is 0.658. The van der Waals surface area contributed by atoms with Crippen molar-refractivity contribution in [3.05, 3.63) is 95.7 Å². The SMILES string of the molecule is COc1c(CNC(=O)CN2CCN(c3cccc(C)c3C)CC2)nn(-c2ccccc2)c1-c1ccccc1. The first kappa shape index (κ1) is 25.5. The average molecular weight is 510 g/mol. The maximum Gasteiger partial charge on any atom is 0.234 e. The van der Waals surface area contributed by atoms with Crippen LogP contribution in [0.4, 0.5) is 5.69 Å². The van der Waals surface area contributed by atoms with Crippen LogP contribution in [0.2, 0.25) is 0 Å². The van der Waals surface area contributed by atoms with Gasteiger partial charge in [-0.25, -0.2) is 4.68 Å². The first-order valence-electron chi connectivity index (χ1n) is 13.1. The Morgan fingerprint density at radius 2 is 1.58 bits per heavy atom. The van der Waals surface area contributed by atoms with Gasteiger partial charge in [0.15, 0.2) is 5.75 Å². The highest BCUT2D eigenvalue weighted by Gasteiger charge is 2.23. The van der Waals surface area contributed by atoms with Crippen molar-refractivity contribution in [2.75, 3.05) is 44.7 Å². The van der Waals surface area contributed by atoms with Crippen LogP contribution in [0.1, 0.15) is 16.8 Å². The van der Waals surface area contributed by atoms with E-state index in [2.05, 4.69) is 47.2 Å². The molecule has 38 heavy (non-hydrogen) atoms. The number of aryl methyl sites for hydroxylation is 1. The lowest BCUT2D eigenvalue weighted by Crippen LogP contribution is -2.49. The topological polar surface area (TPSA) is 62.6 Å². The van der Waals surface area contributed by atoms with E-state index in [-0.39, 0.29) is 5.91 Å². The van der Waals surface area contributed by atoms with E-state index in [1.807, 2.05) is 65.3 Å². The van der Waals surface area contributed by atoms with Gasteiger partial charge in [0, 0.05) is 37.4 Å². The zero-order valence-corrected chi connectivity index (χ0v) is 22.4. The summed E-state index contributed by atoms with van der Waals surface area (Å²) in [4.78, 5) is 17.6. The molecule has 1 aromatic heterocycles. The van der Waals surface area contributed by atoms with E-state index in [9.17, 15) is 4.79 Å². The summed E-state index contributed by atoms with van der Waals surface area (Å²) in [6, 6.07) is 26.5. The quantitative estimate of drug-likeness (QED) is 0.376. The minimum absolute atomic E-state index is 0.0113. The monoisotopic (exact) mass is 509 g/mol. The molecule has 3 aromatic carbocycles. The van der Waals surface area contributed by atoms with Crippen molar-refractivity contribution in [3.63, 3.8) is 0 Å². The Bertz CT molecular complexity index is 1380. The summed E-state index contributed by atoms with van der Waals surface area (Å²) in [6.45, 7) is 8.52. The number of piperazine rings is 1. The number of para-hydroxylation sites is 1. The maximum absolute atomic E-state index is 12.9. The number of amides is 1. The molecule has 1 saturated heterocycles. The van der Waals surface area contributed by atoms with Gasteiger partial charge in [0.05, 0.1) is 25.9 Å². The number of aromatic nitrogens is 2. The Morgan fingerprint density at radius 3 is 2.26 bits per heavy atom. The van der Waals surface area contributed by atoms with Crippen molar-refractivity contribution in [2.45, 2.75) is 20.4 Å². The number of hydrogen-bond donors (Lipinski definition) is 1. The molecule has 0 bridgehead atoms. The van der Waals surface area contributed by atoms with E-state index < -0.39 is 0 Å². The van der Waals surface area contributed by atoms with Crippen molar-refractivity contribution in [1.82, 2.24) is 20.0 Å². The smallest absolute Gasteiger partial charge is 0.234 e. The van der Waals surface area contributed by atoms with Gasteiger partial charge in [0.2, 0.25) is 5.91 Å². The maximum atomic E-state index is 12.9. The summed E-state index contributed by atoms with van der Waals surface area (Å²) < 4.78 is 7.73. The van der Waals surface area contributed by atoms with Crippen molar-refractivity contribution in [3.8, 4) is 22.7 Å². The number of carbonyl (C=O) groups is 1. The van der Waals surface area contributed by atoms with Crippen molar-refractivity contribution in [2.24, 2.45) is 0 Å². The van der Waals surface area contributed by atoms with E-state index in [1.165, 1.54) is 16.8 Å². The molecule has 4 aromatic rings. The fourth-order valence-electron chi connectivity index (χ4n) is 5.05. The molecule has 0 aliphatic carbocycles. The van der Waals surface area contributed by atoms with Crippen molar-refractivity contribution >= 4 is 11.6 Å². The fraction of sp³-hybridized carbons (Fsp3) is 0.290. The molecule has 0 unspecified atom stereocenters. The Hall–Kier alpha value is -4.10. The van der Waals surface area contributed by atoms with Gasteiger partial charge >= 0.3 is 0 Å². The van der Waals surface area contributed by atoms with Crippen LogP contribution in [0.15, 0.2) is 78.9 Å². The second-order valence-corrected chi connectivity index (χ2v) is 9.70. The molecule has 0 radical (unpaired) electrons. The highest BCUT2D eigenvalue weighted by molar-refractivity contribution is 5.78. The van der Waals surface area contributed by atoms with E-state index in [0.717, 1.165) is 43.1 Å². The van der Waals surface area contributed by atoms with E-state index >= 15 is 0 Å². The van der Waals surface area contributed by atoms with Crippen LogP contribution in [0.5, 0.6) is 5.75 Å². The predicted octanol–water partition coefficient (Wildman–Crippen LogP) is 4.60. The standard InChI is InChI=1S/C31H35N5O2/c1-23-11-10-16-28(24(23)2)35-19-17-34(18-20-35)22-29(37)32-21-27-31(38-3)30(25-12-6-4-7-13-25)36(33-27)26-14-8-5-9-15-26/h4-16H,17-22H2,1-3H3,(H,32,37). The van der Waals surface area contributed by atoms with E-state index in [1.54, 1.807) is 7.11 Å². The third kappa shape index (κ3) is 5.43. The van der Waals surface area contributed by atoms with Crippen LogP contribution in [-0.2, 0) is 11.3 Å². The number of nitrogens with zero attached hydrogens (tertiary/aromatic N) is 4. The number of ether oxygens (including phenoxy) is 1. The van der Waals surface area contributed by atoms with Crippen LogP contribution < -0.4 is 15.0 Å². The van der Waals surface area contributed by atoms with E-state index in [0.29, 0.717) is 24.5 Å². The number of nitrogens with one attached hydrogen (secondary N) is 1. The molecule has 196 valence electrons.